The van der Waals surface area contributed by atoms with Crippen molar-refractivity contribution in [1.29, 1.82) is 5.26 Å². The van der Waals surface area contributed by atoms with Crippen LogP contribution in [-0.4, -0.2) is 0 Å². The number of nitrogens with zero attached hydrogens (tertiary/aromatic N) is 1. The molecule has 21 heavy (non-hydrogen) atoms. The van der Waals surface area contributed by atoms with Crippen molar-refractivity contribution >= 4 is 0 Å². The molecule has 0 aliphatic rings. The molecule has 0 N–H and O–H groups in total. The lowest BCUT2D eigenvalue weighted by Gasteiger charge is -2.24. The van der Waals surface area contributed by atoms with Crippen LogP contribution >= 0.6 is 0 Å². The highest BCUT2D eigenvalue weighted by Gasteiger charge is 2.33. The minimum absolute atomic E-state index is 0.145. The van der Waals surface area contributed by atoms with Gasteiger partial charge in [0.2, 0.25) is 0 Å². The van der Waals surface area contributed by atoms with Crippen molar-refractivity contribution in [2.45, 2.75) is 39.0 Å². The van der Waals surface area contributed by atoms with Gasteiger partial charge in [0.1, 0.15) is 11.6 Å². The van der Waals surface area contributed by atoms with Gasteiger partial charge in [-0.25, -0.2) is 8.78 Å². The van der Waals surface area contributed by atoms with Crippen molar-refractivity contribution in [3.63, 3.8) is 0 Å². The summed E-state index contributed by atoms with van der Waals surface area (Å²) in [7, 11) is 0. The number of allylic oxidation sites excluding steroid dienone is 1. The molecule has 0 aliphatic carbocycles. The SMILES string of the molecule is C=CC(F)(F)c1cc(F)c(CC(C#N)(CC)CC)c(F)c1. The number of hydrogen-bond acceptors (Lipinski definition) is 1. The minimum atomic E-state index is -3.50. The largest absolute Gasteiger partial charge is 0.291 e. The molecule has 114 valence electrons. The molecule has 1 aromatic carbocycles. The number of rotatable bonds is 6. The van der Waals surface area contributed by atoms with Gasteiger partial charge in [-0.1, -0.05) is 20.4 Å². The maximum Gasteiger partial charge on any atom is 0.291 e. The summed E-state index contributed by atoms with van der Waals surface area (Å²) < 4.78 is 54.8. The summed E-state index contributed by atoms with van der Waals surface area (Å²) in [4.78, 5) is 0. The quantitative estimate of drug-likeness (QED) is 0.528. The van der Waals surface area contributed by atoms with Crippen LogP contribution in [0.5, 0.6) is 0 Å². The molecular weight excluding hydrogens is 282 g/mol. The van der Waals surface area contributed by atoms with Gasteiger partial charge in [0, 0.05) is 11.1 Å². The maximum atomic E-state index is 14.0. The van der Waals surface area contributed by atoms with E-state index in [-0.39, 0.29) is 12.0 Å². The van der Waals surface area contributed by atoms with E-state index < -0.39 is 28.5 Å². The molecule has 0 bridgehead atoms. The lowest BCUT2D eigenvalue weighted by atomic mass is 9.78. The van der Waals surface area contributed by atoms with Crippen LogP contribution in [0, 0.1) is 28.4 Å². The predicted octanol–water partition coefficient (Wildman–Crippen LogP) is 5.12. The lowest BCUT2D eigenvalue weighted by Crippen LogP contribution is -2.22. The zero-order valence-corrected chi connectivity index (χ0v) is 12.0. The molecule has 0 aromatic heterocycles. The van der Waals surface area contributed by atoms with E-state index >= 15 is 0 Å². The molecule has 0 unspecified atom stereocenters. The second-order valence-electron chi connectivity index (χ2n) is 5.02. The van der Waals surface area contributed by atoms with Crippen molar-refractivity contribution < 1.29 is 17.6 Å². The Balaban J connectivity index is 3.30. The molecule has 0 atom stereocenters. The van der Waals surface area contributed by atoms with Crippen LogP contribution in [0.4, 0.5) is 17.6 Å². The standard InChI is InChI=1S/C16H17F4N/c1-4-15(5-2,10-21)9-12-13(17)7-11(8-14(12)18)16(19,20)6-3/h6-8H,3-5,9H2,1-2H3. The average Bonchev–Trinajstić information content (AvgIpc) is 2.47. The monoisotopic (exact) mass is 299 g/mol. The van der Waals surface area contributed by atoms with Crippen molar-refractivity contribution in [3.8, 4) is 6.07 Å². The molecule has 0 aliphatic heterocycles. The van der Waals surface area contributed by atoms with Gasteiger partial charge < -0.3 is 0 Å². The van der Waals surface area contributed by atoms with Crippen LogP contribution in [0.15, 0.2) is 24.8 Å². The summed E-state index contributed by atoms with van der Waals surface area (Å²) in [5.41, 5.74) is -2.01. The highest BCUT2D eigenvalue weighted by atomic mass is 19.3. The normalized spacial score (nSPS) is 12.0. The van der Waals surface area contributed by atoms with Gasteiger partial charge in [-0.2, -0.15) is 14.0 Å². The molecule has 1 nitrogen and oxygen atoms in total. The van der Waals surface area contributed by atoms with Gasteiger partial charge >= 0.3 is 0 Å². The summed E-state index contributed by atoms with van der Waals surface area (Å²) in [5.74, 6) is -5.62. The number of nitriles is 1. The van der Waals surface area contributed by atoms with Crippen LogP contribution in [-0.2, 0) is 12.3 Å². The second kappa shape index (κ2) is 6.30. The van der Waals surface area contributed by atoms with Gasteiger partial charge in [0.15, 0.2) is 0 Å². The molecule has 0 spiro atoms. The fraction of sp³-hybridized carbons (Fsp3) is 0.438. The Morgan fingerprint density at radius 1 is 1.19 bits per heavy atom. The maximum absolute atomic E-state index is 14.0. The van der Waals surface area contributed by atoms with E-state index in [0.717, 1.165) is 0 Å². The van der Waals surface area contributed by atoms with Crippen LogP contribution < -0.4 is 0 Å². The lowest BCUT2D eigenvalue weighted by molar-refractivity contribution is 0.0517. The fourth-order valence-corrected chi connectivity index (χ4v) is 2.12. The zero-order chi connectivity index (χ0) is 16.3. The summed E-state index contributed by atoms with van der Waals surface area (Å²) in [5, 5.41) is 9.21. The van der Waals surface area contributed by atoms with Gasteiger partial charge in [0.25, 0.3) is 5.92 Å². The highest BCUT2D eigenvalue weighted by molar-refractivity contribution is 5.32. The van der Waals surface area contributed by atoms with Crippen molar-refractivity contribution in [3.05, 3.63) is 47.5 Å². The summed E-state index contributed by atoms with van der Waals surface area (Å²) >= 11 is 0. The first-order valence-corrected chi connectivity index (χ1v) is 6.66. The van der Waals surface area contributed by atoms with Crippen molar-refractivity contribution in [2.75, 3.05) is 0 Å². The van der Waals surface area contributed by atoms with Gasteiger partial charge in [-0.05, 0) is 37.5 Å². The first-order valence-electron chi connectivity index (χ1n) is 6.66. The molecule has 0 heterocycles. The smallest absolute Gasteiger partial charge is 0.207 e. The average molecular weight is 299 g/mol. The molecule has 0 saturated heterocycles. The van der Waals surface area contributed by atoms with E-state index in [1.165, 1.54) is 0 Å². The van der Waals surface area contributed by atoms with Crippen LogP contribution in [0.25, 0.3) is 0 Å². The predicted molar refractivity (Wildman–Crippen MR) is 72.8 cm³/mol. The Kier molecular flexibility index (Phi) is 5.16. The Morgan fingerprint density at radius 2 is 1.67 bits per heavy atom. The van der Waals surface area contributed by atoms with E-state index in [0.29, 0.717) is 31.1 Å². The number of hydrogen-bond donors (Lipinski definition) is 0. The van der Waals surface area contributed by atoms with E-state index in [9.17, 15) is 22.8 Å². The Labute approximate surface area is 121 Å². The molecule has 0 amide bonds. The summed E-state index contributed by atoms with van der Waals surface area (Å²) in [6, 6.07) is 3.29. The van der Waals surface area contributed by atoms with E-state index in [1.54, 1.807) is 13.8 Å². The first-order chi connectivity index (χ1) is 9.75. The molecule has 1 aromatic rings. The minimum Gasteiger partial charge on any atom is -0.207 e. The fourth-order valence-electron chi connectivity index (χ4n) is 2.12. The number of alkyl halides is 2. The second-order valence-corrected chi connectivity index (χ2v) is 5.02. The highest BCUT2D eigenvalue weighted by Crippen LogP contribution is 2.35. The number of benzene rings is 1. The van der Waals surface area contributed by atoms with Crippen LogP contribution in [0.1, 0.15) is 37.8 Å². The summed E-state index contributed by atoms with van der Waals surface area (Å²) in [6.45, 7) is 6.46. The van der Waals surface area contributed by atoms with Gasteiger partial charge in [-0.15, -0.1) is 0 Å². The topological polar surface area (TPSA) is 23.8 Å². The Morgan fingerprint density at radius 3 is 2.00 bits per heavy atom. The Hall–Kier alpha value is -1.83. The third-order valence-electron chi connectivity index (χ3n) is 3.89. The third kappa shape index (κ3) is 3.44. The van der Waals surface area contributed by atoms with Crippen molar-refractivity contribution in [2.24, 2.45) is 5.41 Å². The molecule has 5 heteroatoms. The third-order valence-corrected chi connectivity index (χ3v) is 3.89. The molecule has 1 rings (SSSR count). The van der Waals surface area contributed by atoms with E-state index in [2.05, 4.69) is 12.6 Å². The van der Waals surface area contributed by atoms with Gasteiger partial charge in [0.05, 0.1) is 11.5 Å². The van der Waals surface area contributed by atoms with Crippen molar-refractivity contribution in [1.82, 2.24) is 0 Å². The first kappa shape index (κ1) is 17.2. The van der Waals surface area contributed by atoms with E-state index in [4.69, 9.17) is 0 Å². The zero-order valence-electron chi connectivity index (χ0n) is 12.0. The molecule has 0 saturated carbocycles. The molecular formula is C16H17F4N. The van der Waals surface area contributed by atoms with Crippen LogP contribution in [0.3, 0.4) is 0 Å². The van der Waals surface area contributed by atoms with Crippen LogP contribution in [0.2, 0.25) is 0 Å². The number of halogens is 4. The molecule has 0 radical (unpaired) electrons. The molecule has 0 fully saturated rings. The Bertz CT molecular complexity index is 545. The van der Waals surface area contributed by atoms with Gasteiger partial charge in [-0.3, -0.25) is 0 Å². The summed E-state index contributed by atoms with van der Waals surface area (Å²) in [6.07, 6.45) is 1.03. The van der Waals surface area contributed by atoms with E-state index in [1.807, 2.05) is 0 Å².